The van der Waals surface area contributed by atoms with Gasteiger partial charge in [-0.25, -0.2) is 0 Å². The van der Waals surface area contributed by atoms with Crippen molar-refractivity contribution < 1.29 is 4.74 Å². The van der Waals surface area contributed by atoms with Gasteiger partial charge in [-0.3, -0.25) is 4.68 Å². The highest BCUT2D eigenvalue weighted by Gasteiger charge is 1.95. The third kappa shape index (κ3) is 2.64. The van der Waals surface area contributed by atoms with Gasteiger partial charge in [0.1, 0.15) is 0 Å². The first-order valence-electron chi connectivity index (χ1n) is 4.02. The van der Waals surface area contributed by atoms with Gasteiger partial charge in [-0.2, -0.15) is 5.10 Å². The Bertz CT molecular complexity index is 222. The van der Waals surface area contributed by atoms with E-state index in [9.17, 15) is 0 Å². The van der Waals surface area contributed by atoms with E-state index in [0.717, 1.165) is 18.8 Å². The number of ether oxygens (including phenoxy) is 1. The van der Waals surface area contributed by atoms with Crippen LogP contribution in [-0.4, -0.2) is 30.5 Å². The van der Waals surface area contributed by atoms with Crippen molar-refractivity contribution in [2.24, 2.45) is 0 Å². The summed E-state index contributed by atoms with van der Waals surface area (Å²) in [6.45, 7) is 2.35. The van der Waals surface area contributed by atoms with E-state index in [0.29, 0.717) is 6.61 Å². The van der Waals surface area contributed by atoms with E-state index in [-0.39, 0.29) is 0 Å². The molecule has 1 aromatic rings. The smallest absolute Gasteiger partial charge is 0.0762 e. The Kier molecular flexibility index (Phi) is 3.76. The van der Waals surface area contributed by atoms with Crippen LogP contribution in [0.3, 0.4) is 0 Å². The molecule has 0 radical (unpaired) electrons. The largest absolute Gasteiger partial charge is 0.383 e. The summed E-state index contributed by atoms with van der Waals surface area (Å²) in [5.41, 5.74) is 1.06. The molecule has 0 amide bonds. The fourth-order valence-electron chi connectivity index (χ4n) is 0.988. The molecule has 0 saturated carbocycles. The molecule has 1 heterocycles. The van der Waals surface area contributed by atoms with Crippen molar-refractivity contribution in [3.8, 4) is 0 Å². The molecule has 0 bridgehead atoms. The van der Waals surface area contributed by atoms with Crippen molar-refractivity contribution in [3.05, 3.63) is 18.0 Å². The van der Waals surface area contributed by atoms with Gasteiger partial charge >= 0.3 is 0 Å². The predicted octanol–water partition coefficient (Wildman–Crippen LogP) is 0.249. The number of hydrogen-bond acceptors (Lipinski definition) is 3. The highest BCUT2D eigenvalue weighted by Crippen LogP contribution is 1.94. The maximum Gasteiger partial charge on any atom is 0.0762 e. The Labute approximate surface area is 72.5 Å². The fraction of sp³-hybridized carbons (Fsp3) is 0.625. The van der Waals surface area contributed by atoms with Crippen LogP contribution in [0, 0.1) is 0 Å². The zero-order valence-electron chi connectivity index (χ0n) is 7.58. The molecule has 0 saturated heterocycles. The molecule has 1 N–H and O–H groups in total. The number of nitrogens with zero attached hydrogens (tertiary/aromatic N) is 2. The van der Waals surface area contributed by atoms with Crippen molar-refractivity contribution in [1.29, 1.82) is 0 Å². The van der Waals surface area contributed by atoms with Crippen LogP contribution in [-0.2, 0) is 17.8 Å². The monoisotopic (exact) mass is 169 g/mol. The minimum Gasteiger partial charge on any atom is -0.383 e. The topological polar surface area (TPSA) is 39.1 Å². The van der Waals surface area contributed by atoms with Crippen LogP contribution in [0.25, 0.3) is 0 Å². The van der Waals surface area contributed by atoms with Crippen LogP contribution in [0.5, 0.6) is 0 Å². The minimum atomic E-state index is 0.709. The standard InChI is InChI=1S/C8H15N3O/c1-9-7-8-3-4-11(10-8)5-6-12-2/h3-4,9H,5-7H2,1-2H3. The second-order valence-corrected chi connectivity index (χ2v) is 2.59. The van der Waals surface area contributed by atoms with E-state index in [1.807, 2.05) is 24.0 Å². The number of nitrogens with one attached hydrogen (secondary N) is 1. The lowest BCUT2D eigenvalue weighted by Gasteiger charge is -1.98. The van der Waals surface area contributed by atoms with Gasteiger partial charge in [0.05, 0.1) is 18.8 Å². The molecule has 1 rings (SSSR count). The summed E-state index contributed by atoms with van der Waals surface area (Å²) >= 11 is 0. The van der Waals surface area contributed by atoms with Crippen LogP contribution in [0.1, 0.15) is 5.69 Å². The lowest BCUT2D eigenvalue weighted by atomic mass is 10.4. The molecule has 0 aromatic carbocycles. The summed E-state index contributed by atoms with van der Waals surface area (Å²) in [7, 11) is 3.60. The fourth-order valence-corrected chi connectivity index (χ4v) is 0.988. The van der Waals surface area contributed by atoms with Crippen LogP contribution < -0.4 is 5.32 Å². The zero-order chi connectivity index (χ0) is 8.81. The average Bonchev–Trinajstić information content (AvgIpc) is 2.50. The molecule has 0 aliphatic carbocycles. The minimum absolute atomic E-state index is 0.709. The second-order valence-electron chi connectivity index (χ2n) is 2.59. The summed E-state index contributed by atoms with van der Waals surface area (Å²) in [4.78, 5) is 0. The Balaban J connectivity index is 2.41. The normalized spacial score (nSPS) is 10.5. The van der Waals surface area contributed by atoms with Gasteiger partial charge in [-0.1, -0.05) is 0 Å². The van der Waals surface area contributed by atoms with Crippen LogP contribution in [0.2, 0.25) is 0 Å². The number of aromatic nitrogens is 2. The quantitative estimate of drug-likeness (QED) is 0.686. The Morgan fingerprint density at radius 3 is 3.17 bits per heavy atom. The third-order valence-electron chi connectivity index (χ3n) is 1.58. The number of hydrogen-bond donors (Lipinski definition) is 1. The van der Waals surface area contributed by atoms with Gasteiger partial charge in [0.15, 0.2) is 0 Å². The summed E-state index contributed by atoms with van der Waals surface area (Å²) in [6, 6.07) is 2.01. The van der Waals surface area contributed by atoms with Crippen molar-refractivity contribution in [3.63, 3.8) is 0 Å². The first-order valence-corrected chi connectivity index (χ1v) is 4.02. The predicted molar refractivity (Wildman–Crippen MR) is 46.9 cm³/mol. The van der Waals surface area contributed by atoms with E-state index >= 15 is 0 Å². The number of methoxy groups -OCH3 is 1. The van der Waals surface area contributed by atoms with E-state index in [4.69, 9.17) is 4.74 Å². The zero-order valence-corrected chi connectivity index (χ0v) is 7.58. The maximum absolute atomic E-state index is 4.94. The third-order valence-corrected chi connectivity index (χ3v) is 1.58. The molecule has 0 unspecified atom stereocenters. The Morgan fingerprint density at radius 2 is 2.50 bits per heavy atom. The van der Waals surface area contributed by atoms with Crippen LogP contribution in [0.4, 0.5) is 0 Å². The van der Waals surface area contributed by atoms with Crippen molar-refractivity contribution in [2.45, 2.75) is 13.1 Å². The average molecular weight is 169 g/mol. The van der Waals surface area contributed by atoms with E-state index in [2.05, 4.69) is 10.4 Å². The molecule has 1 aromatic heterocycles. The molecule has 0 atom stereocenters. The molecule has 0 fully saturated rings. The van der Waals surface area contributed by atoms with Crippen molar-refractivity contribution in [1.82, 2.24) is 15.1 Å². The van der Waals surface area contributed by atoms with E-state index in [1.165, 1.54) is 0 Å². The van der Waals surface area contributed by atoms with Gasteiger partial charge < -0.3 is 10.1 Å². The molecular weight excluding hydrogens is 154 g/mol. The molecule has 0 aliphatic rings. The highest BCUT2D eigenvalue weighted by molar-refractivity contribution is 4.97. The van der Waals surface area contributed by atoms with E-state index in [1.54, 1.807) is 7.11 Å². The molecule has 0 spiro atoms. The first kappa shape index (κ1) is 9.22. The molecule has 12 heavy (non-hydrogen) atoms. The molecular formula is C8H15N3O. The van der Waals surface area contributed by atoms with Crippen LogP contribution >= 0.6 is 0 Å². The lowest BCUT2D eigenvalue weighted by Crippen LogP contribution is -2.08. The Morgan fingerprint density at radius 1 is 1.67 bits per heavy atom. The van der Waals surface area contributed by atoms with Gasteiger partial charge in [-0.05, 0) is 13.1 Å². The number of rotatable bonds is 5. The Hall–Kier alpha value is -0.870. The molecule has 4 heteroatoms. The molecule has 0 aliphatic heterocycles. The lowest BCUT2D eigenvalue weighted by molar-refractivity contribution is 0.183. The summed E-state index contributed by atoms with van der Waals surface area (Å²) in [6.07, 6.45) is 1.96. The summed E-state index contributed by atoms with van der Waals surface area (Å²) in [5.74, 6) is 0. The first-order chi connectivity index (χ1) is 5.86. The van der Waals surface area contributed by atoms with E-state index < -0.39 is 0 Å². The van der Waals surface area contributed by atoms with Gasteiger partial charge in [-0.15, -0.1) is 0 Å². The van der Waals surface area contributed by atoms with Crippen molar-refractivity contribution >= 4 is 0 Å². The summed E-state index contributed by atoms with van der Waals surface area (Å²) in [5, 5.41) is 7.36. The van der Waals surface area contributed by atoms with Gasteiger partial charge in [0, 0.05) is 19.9 Å². The van der Waals surface area contributed by atoms with Crippen molar-refractivity contribution in [2.75, 3.05) is 20.8 Å². The molecule has 68 valence electrons. The highest BCUT2D eigenvalue weighted by atomic mass is 16.5. The maximum atomic E-state index is 4.94. The SMILES string of the molecule is CNCc1ccn(CCOC)n1. The van der Waals surface area contributed by atoms with Gasteiger partial charge in [0.2, 0.25) is 0 Å². The second kappa shape index (κ2) is 4.90. The molecule has 4 nitrogen and oxygen atoms in total. The van der Waals surface area contributed by atoms with Crippen LogP contribution in [0.15, 0.2) is 12.3 Å². The summed E-state index contributed by atoms with van der Waals surface area (Å²) < 4.78 is 6.82. The van der Waals surface area contributed by atoms with Gasteiger partial charge in [0.25, 0.3) is 0 Å².